The first-order chi connectivity index (χ1) is 6.33. The van der Waals surface area contributed by atoms with Gasteiger partial charge in [0, 0.05) is 0 Å². The normalized spacial score (nSPS) is 10.2. The van der Waals surface area contributed by atoms with E-state index >= 15 is 0 Å². The average molecular weight is 182 g/mol. The summed E-state index contributed by atoms with van der Waals surface area (Å²) in [6.45, 7) is 2.04. The van der Waals surface area contributed by atoms with E-state index in [0.29, 0.717) is 12.4 Å². The van der Waals surface area contributed by atoms with Crippen LogP contribution in [-0.2, 0) is 4.74 Å². The minimum Gasteiger partial charge on any atom is -0.463 e. The van der Waals surface area contributed by atoms with Crippen molar-refractivity contribution in [3.63, 3.8) is 0 Å². The number of hydrazone groups is 1. The number of amides is 1. The van der Waals surface area contributed by atoms with Crippen LogP contribution in [0.1, 0.15) is 12.7 Å². The predicted octanol–water partition coefficient (Wildman–Crippen LogP) is 1.36. The van der Waals surface area contributed by atoms with E-state index in [1.807, 2.05) is 0 Å². The smallest absolute Gasteiger partial charge is 0.427 e. The van der Waals surface area contributed by atoms with E-state index in [1.165, 1.54) is 12.5 Å². The first-order valence-corrected chi connectivity index (χ1v) is 3.82. The molecule has 0 aliphatic rings. The minimum atomic E-state index is -0.578. The monoisotopic (exact) mass is 182 g/mol. The van der Waals surface area contributed by atoms with Crippen molar-refractivity contribution in [3.8, 4) is 0 Å². The molecular formula is C8H10N2O3. The zero-order chi connectivity index (χ0) is 9.52. The number of furan rings is 1. The predicted molar refractivity (Wildman–Crippen MR) is 46.5 cm³/mol. The van der Waals surface area contributed by atoms with E-state index in [9.17, 15) is 4.79 Å². The summed E-state index contributed by atoms with van der Waals surface area (Å²) in [5.74, 6) is 0.566. The second-order valence-electron chi connectivity index (χ2n) is 2.11. The maximum atomic E-state index is 10.7. The number of carbonyl (C=O) groups excluding carboxylic acids is 1. The van der Waals surface area contributed by atoms with Crippen molar-refractivity contribution in [1.82, 2.24) is 5.43 Å². The number of nitrogens with zero attached hydrogens (tertiary/aromatic N) is 1. The lowest BCUT2D eigenvalue weighted by Gasteiger charge is -1.97. The molecule has 1 aromatic rings. The van der Waals surface area contributed by atoms with E-state index < -0.39 is 6.09 Å². The summed E-state index contributed by atoms with van der Waals surface area (Å²) in [7, 11) is 0. The zero-order valence-electron chi connectivity index (χ0n) is 7.19. The molecule has 1 rings (SSSR count). The van der Waals surface area contributed by atoms with E-state index in [0.717, 1.165) is 0 Å². The Kier molecular flexibility index (Phi) is 3.56. The second-order valence-corrected chi connectivity index (χ2v) is 2.11. The van der Waals surface area contributed by atoms with Crippen LogP contribution in [0.2, 0.25) is 0 Å². The SMILES string of the molecule is CCOC(=O)N/N=C\c1ccco1. The molecule has 0 fully saturated rings. The number of hydrogen-bond donors (Lipinski definition) is 1. The second kappa shape index (κ2) is 4.97. The van der Waals surface area contributed by atoms with Crippen molar-refractivity contribution in [1.29, 1.82) is 0 Å². The third kappa shape index (κ3) is 3.42. The molecule has 0 saturated heterocycles. The van der Waals surface area contributed by atoms with Gasteiger partial charge in [-0.25, -0.2) is 10.2 Å². The van der Waals surface area contributed by atoms with Crippen molar-refractivity contribution >= 4 is 12.3 Å². The van der Waals surface area contributed by atoms with Crippen LogP contribution in [0.5, 0.6) is 0 Å². The lowest BCUT2D eigenvalue weighted by Crippen LogP contribution is -2.18. The molecule has 0 aliphatic carbocycles. The van der Waals surface area contributed by atoms with E-state index in [-0.39, 0.29) is 0 Å². The first kappa shape index (κ1) is 9.31. The Bertz CT molecular complexity index is 280. The molecule has 1 amide bonds. The fourth-order valence-electron chi connectivity index (χ4n) is 0.677. The topological polar surface area (TPSA) is 63.8 Å². The molecule has 1 heterocycles. The number of rotatable bonds is 3. The summed E-state index contributed by atoms with van der Waals surface area (Å²) in [6.07, 6.45) is 2.33. The molecule has 0 saturated carbocycles. The van der Waals surface area contributed by atoms with Gasteiger partial charge in [0.2, 0.25) is 0 Å². The van der Waals surface area contributed by atoms with Crippen LogP contribution >= 0.6 is 0 Å². The largest absolute Gasteiger partial charge is 0.463 e. The molecule has 0 spiro atoms. The van der Waals surface area contributed by atoms with Gasteiger partial charge in [-0.3, -0.25) is 0 Å². The summed E-state index contributed by atoms with van der Waals surface area (Å²) in [4.78, 5) is 10.7. The van der Waals surface area contributed by atoms with Crippen LogP contribution in [0.3, 0.4) is 0 Å². The summed E-state index contributed by atoms with van der Waals surface area (Å²) >= 11 is 0. The van der Waals surface area contributed by atoms with Crippen LogP contribution in [0.4, 0.5) is 4.79 Å². The van der Waals surface area contributed by atoms with Gasteiger partial charge in [-0.05, 0) is 19.1 Å². The Labute approximate surface area is 75.4 Å². The molecular weight excluding hydrogens is 172 g/mol. The minimum absolute atomic E-state index is 0.322. The Balaban J connectivity index is 2.30. The van der Waals surface area contributed by atoms with Crippen molar-refractivity contribution in [2.45, 2.75) is 6.92 Å². The number of carbonyl (C=O) groups is 1. The molecule has 13 heavy (non-hydrogen) atoms. The molecule has 1 N–H and O–H groups in total. The standard InChI is InChI=1S/C8H10N2O3/c1-2-12-8(11)10-9-6-7-4-3-5-13-7/h3-6H,2H2,1H3,(H,10,11)/b9-6-. The lowest BCUT2D eigenvalue weighted by molar-refractivity contribution is 0.152. The highest BCUT2D eigenvalue weighted by molar-refractivity contribution is 5.77. The van der Waals surface area contributed by atoms with Crippen LogP contribution in [-0.4, -0.2) is 18.9 Å². The molecule has 0 aromatic carbocycles. The van der Waals surface area contributed by atoms with Crippen molar-refractivity contribution in [3.05, 3.63) is 24.2 Å². The Morgan fingerprint density at radius 3 is 3.31 bits per heavy atom. The summed E-state index contributed by atoms with van der Waals surface area (Å²) in [5, 5.41) is 3.59. The third-order valence-corrected chi connectivity index (χ3v) is 1.17. The summed E-state index contributed by atoms with van der Waals surface area (Å²) in [6, 6.07) is 3.45. The molecule has 0 atom stereocenters. The van der Waals surface area contributed by atoms with Crippen LogP contribution in [0.15, 0.2) is 27.9 Å². The van der Waals surface area contributed by atoms with Gasteiger partial charge >= 0.3 is 6.09 Å². The highest BCUT2D eigenvalue weighted by Crippen LogP contribution is 1.94. The Morgan fingerprint density at radius 1 is 1.85 bits per heavy atom. The van der Waals surface area contributed by atoms with Gasteiger partial charge in [0.15, 0.2) is 0 Å². The Hall–Kier alpha value is -1.78. The number of hydrogen-bond acceptors (Lipinski definition) is 4. The first-order valence-electron chi connectivity index (χ1n) is 3.82. The number of ether oxygens (including phenoxy) is 1. The van der Waals surface area contributed by atoms with E-state index in [4.69, 9.17) is 4.42 Å². The highest BCUT2D eigenvalue weighted by Gasteiger charge is 1.95. The maximum absolute atomic E-state index is 10.7. The van der Waals surface area contributed by atoms with Crippen molar-refractivity contribution in [2.24, 2.45) is 5.10 Å². The fourth-order valence-corrected chi connectivity index (χ4v) is 0.677. The Morgan fingerprint density at radius 2 is 2.69 bits per heavy atom. The van der Waals surface area contributed by atoms with Crippen LogP contribution < -0.4 is 5.43 Å². The molecule has 1 aromatic heterocycles. The van der Waals surface area contributed by atoms with Gasteiger partial charge in [-0.1, -0.05) is 0 Å². The maximum Gasteiger partial charge on any atom is 0.427 e. The lowest BCUT2D eigenvalue weighted by atomic mass is 10.5. The van der Waals surface area contributed by atoms with Gasteiger partial charge in [-0.15, -0.1) is 0 Å². The van der Waals surface area contributed by atoms with Gasteiger partial charge in [-0.2, -0.15) is 5.10 Å². The van der Waals surface area contributed by atoms with Gasteiger partial charge < -0.3 is 9.15 Å². The molecule has 5 nitrogen and oxygen atoms in total. The fraction of sp³-hybridized carbons (Fsp3) is 0.250. The highest BCUT2D eigenvalue weighted by atomic mass is 16.5. The summed E-state index contributed by atoms with van der Waals surface area (Å²) in [5.41, 5.74) is 2.17. The molecule has 0 bridgehead atoms. The molecule has 70 valence electrons. The number of nitrogens with one attached hydrogen (secondary N) is 1. The molecule has 0 radical (unpaired) electrons. The van der Waals surface area contributed by atoms with Crippen molar-refractivity contribution in [2.75, 3.05) is 6.61 Å². The third-order valence-electron chi connectivity index (χ3n) is 1.17. The van der Waals surface area contributed by atoms with E-state index in [1.54, 1.807) is 19.1 Å². The van der Waals surface area contributed by atoms with Crippen LogP contribution in [0, 0.1) is 0 Å². The molecule has 5 heteroatoms. The van der Waals surface area contributed by atoms with Gasteiger partial charge in [0.25, 0.3) is 0 Å². The van der Waals surface area contributed by atoms with Gasteiger partial charge in [0.05, 0.1) is 19.1 Å². The zero-order valence-corrected chi connectivity index (χ0v) is 7.19. The molecule has 0 unspecified atom stereocenters. The summed E-state index contributed by atoms with van der Waals surface area (Å²) < 4.78 is 9.50. The van der Waals surface area contributed by atoms with E-state index in [2.05, 4.69) is 15.3 Å². The van der Waals surface area contributed by atoms with Gasteiger partial charge in [0.1, 0.15) is 5.76 Å². The quantitative estimate of drug-likeness (QED) is 0.567. The van der Waals surface area contributed by atoms with Crippen molar-refractivity contribution < 1.29 is 13.9 Å². The molecule has 0 aliphatic heterocycles. The van der Waals surface area contributed by atoms with Crippen LogP contribution in [0.25, 0.3) is 0 Å². The average Bonchev–Trinajstić information content (AvgIpc) is 2.57.